The number of nitro benzene ring substituents is 1. The number of rotatable bonds is 5. The molecule has 1 saturated carbocycles. The van der Waals surface area contributed by atoms with Gasteiger partial charge in [0.1, 0.15) is 11.6 Å². The molecule has 98 valence electrons. The van der Waals surface area contributed by atoms with Crippen LogP contribution in [0.2, 0.25) is 0 Å². The van der Waals surface area contributed by atoms with Crippen molar-refractivity contribution in [2.24, 2.45) is 0 Å². The van der Waals surface area contributed by atoms with Gasteiger partial charge in [0.05, 0.1) is 11.5 Å². The summed E-state index contributed by atoms with van der Waals surface area (Å²) >= 11 is 0. The number of hydrogen-bond acceptors (Lipinski definition) is 5. The van der Waals surface area contributed by atoms with Crippen molar-refractivity contribution in [1.82, 2.24) is 5.32 Å². The van der Waals surface area contributed by atoms with Crippen molar-refractivity contribution < 1.29 is 9.72 Å². The Kier molecular flexibility index (Phi) is 3.61. The molecule has 0 atom stereocenters. The lowest BCUT2D eigenvalue weighted by Gasteiger charge is -2.07. The molecular weight excluding hydrogens is 248 g/mol. The quantitative estimate of drug-likeness (QED) is 0.610. The van der Waals surface area contributed by atoms with Gasteiger partial charge in [0, 0.05) is 17.8 Å². The molecule has 0 bridgehead atoms. The van der Waals surface area contributed by atoms with E-state index in [0.29, 0.717) is 11.7 Å². The van der Waals surface area contributed by atoms with Gasteiger partial charge in [0.25, 0.3) is 5.69 Å². The molecule has 7 heteroatoms. The van der Waals surface area contributed by atoms with E-state index in [9.17, 15) is 14.9 Å². The van der Waals surface area contributed by atoms with Crippen LogP contribution in [0.4, 0.5) is 11.4 Å². The summed E-state index contributed by atoms with van der Waals surface area (Å²) in [6.45, 7) is 0.0825. The third kappa shape index (κ3) is 3.42. The molecule has 1 aromatic carbocycles. The molecule has 0 saturated heterocycles. The molecule has 0 aromatic heterocycles. The zero-order valence-corrected chi connectivity index (χ0v) is 10.0. The molecule has 0 aliphatic heterocycles. The fourth-order valence-electron chi connectivity index (χ4n) is 1.58. The number of carbonyl (C=O) groups is 1. The number of anilines is 1. The Labute approximate surface area is 109 Å². The van der Waals surface area contributed by atoms with Crippen LogP contribution >= 0.6 is 0 Å². The molecule has 1 aliphatic rings. The monoisotopic (exact) mass is 260 g/mol. The Bertz CT molecular complexity index is 561. The highest BCUT2D eigenvalue weighted by molar-refractivity contribution is 5.81. The van der Waals surface area contributed by atoms with Crippen molar-refractivity contribution in [3.63, 3.8) is 0 Å². The molecule has 19 heavy (non-hydrogen) atoms. The van der Waals surface area contributed by atoms with E-state index in [0.717, 1.165) is 12.8 Å². The predicted molar refractivity (Wildman–Crippen MR) is 67.5 cm³/mol. The van der Waals surface area contributed by atoms with E-state index in [4.69, 9.17) is 5.26 Å². The smallest absolute Gasteiger partial charge is 0.287 e. The van der Waals surface area contributed by atoms with Crippen LogP contribution in [-0.4, -0.2) is 23.4 Å². The zero-order chi connectivity index (χ0) is 13.8. The first-order valence-electron chi connectivity index (χ1n) is 5.82. The van der Waals surface area contributed by atoms with Gasteiger partial charge in [0.2, 0.25) is 5.91 Å². The molecular formula is C12H12N4O3. The summed E-state index contributed by atoms with van der Waals surface area (Å²) in [4.78, 5) is 21.5. The van der Waals surface area contributed by atoms with Gasteiger partial charge in [-0.25, -0.2) is 0 Å². The fraction of sp³-hybridized carbons (Fsp3) is 0.333. The van der Waals surface area contributed by atoms with Crippen LogP contribution in [0.25, 0.3) is 0 Å². The van der Waals surface area contributed by atoms with Crippen LogP contribution < -0.4 is 10.6 Å². The van der Waals surface area contributed by atoms with Gasteiger partial charge in [-0.15, -0.1) is 0 Å². The van der Waals surface area contributed by atoms with Crippen LogP contribution in [0.5, 0.6) is 0 Å². The topological polar surface area (TPSA) is 108 Å². The van der Waals surface area contributed by atoms with E-state index in [1.54, 1.807) is 6.07 Å². The van der Waals surface area contributed by atoms with Gasteiger partial charge in [-0.05, 0) is 25.0 Å². The van der Waals surface area contributed by atoms with Crippen LogP contribution in [-0.2, 0) is 4.79 Å². The number of nitriles is 1. The van der Waals surface area contributed by atoms with Gasteiger partial charge in [-0.1, -0.05) is 0 Å². The summed E-state index contributed by atoms with van der Waals surface area (Å²) in [5, 5.41) is 25.1. The molecule has 1 aliphatic carbocycles. The normalized spacial score (nSPS) is 13.4. The minimum absolute atomic E-state index is 0.0300. The van der Waals surface area contributed by atoms with Crippen molar-refractivity contribution in [3.8, 4) is 6.07 Å². The van der Waals surface area contributed by atoms with Crippen molar-refractivity contribution in [2.45, 2.75) is 18.9 Å². The van der Waals surface area contributed by atoms with Crippen molar-refractivity contribution in [3.05, 3.63) is 33.9 Å². The predicted octanol–water partition coefficient (Wildman–Crippen LogP) is 1.16. The summed E-state index contributed by atoms with van der Waals surface area (Å²) < 4.78 is 0. The third-order valence-electron chi connectivity index (χ3n) is 2.71. The largest absolute Gasteiger partial charge is 0.376 e. The van der Waals surface area contributed by atoms with Crippen LogP contribution in [0, 0.1) is 21.4 Å². The first-order chi connectivity index (χ1) is 9.10. The van der Waals surface area contributed by atoms with Crippen LogP contribution in [0.15, 0.2) is 18.2 Å². The van der Waals surface area contributed by atoms with Crippen LogP contribution in [0.1, 0.15) is 18.4 Å². The highest BCUT2D eigenvalue weighted by Crippen LogP contribution is 2.22. The van der Waals surface area contributed by atoms with Crippen LogP contribution in [0.3, 0.4) is 0 Å². The molecule has 7 nitrogen and oxygen atoms in total. The maximum absolute atomic E-state index is 11.4. The number of carbonyl (C=O) groups excluding carboxylic acids is 1. The number of amides is 1. The lowest BCUT2D eigenvalue weighted by molar-refractivity contribution is -0.385. The molecule has 2 rings (SSSR count). The van der Waals surface area contributed by atoms with E-state index in [1.807, 2.05) is 0 Å². The summed E-state index contributed by atoms with van der Waals surface area (Å²) in [5.41, 5.74) is 0.237. The van der Waals surface area contributed by atoms with E-state index in [2.05, 4.69) is 10.6 Å². The van der Waals surface area contributed by atoms with E-state index in [-0.39, 0.29) is 23.7 Å². The molecule has 0 radical (unpaired) electrons. The Hall–Kier alpha value is -2.62. The van der Waals surface area contributed by atoms with E-state index >= 15 is 0 Å². The lowest BCUT2D eigenvalue weighted by atomic mass is 10.2. The zero-order valence-electron chi connectivity index (χ0n) is 10.0. The Morgan fingerprint density at radius 1 is 1.53 bits per heavy atom. The second kappa shape index (κ2) is 5.35. The SMILES string of the molecule is N#Cc1cc(NCC(=O)NC2CC2)ccc1[N+](=O)[O-]. The number of nitrogens with zero attached hydrogens (tertiary/aromatic N) is 2. The average Bonchev–Trinajstić information content (AvgIpc) is 3.19. The maximum atomic E-state index is 11.4. The maximum Gasteiger partial charge on any atom is 0.287 e. The molecule has 1 aromatic rings. The highest BCUT2D eigenvalue weighted by Gasteiger charge is 2.23. The van der Waals surface area contributed by atoms with Gasteiger partial charge >= 0.3 is 0 Å². The van der Waals surface area contributed by atoms with Gasteiger partial charge in [-0.3, -0.25) is 14.9 Å². The standard InChI is InChI=1S/C12H12N4O3/c13-6-8-5-10(3-4-11(8)16(18)19)14-7-12(17)15-9-1-2-9/h3-5,9,14H,1-2,7H2,(H,15,17). The summed E-state index contributed by atoms with van der Waals surface area (Å²) in [7, 11) is 0. The minimum Gasteiger partial charge on any atom is -0.376 e. The Morgan fingerprint density at radius 2 is 2.26 bits per heavy atom. The first kappa shape index (κ1) is 12.8. The highest BCUT2D eigenvalue weighted by atomic mass is 16.6. The molecule has 0 spiro atoms. The van der Waals surface area contributed by atoms with E-state index in [1.165, 1.54) is 18.2 Å². The molecule has 1 amide bonds. The van der Waals surface area contributed by atoms with Gasteiger partial charge < -0.3 is 10.6 Å². The molecule has 0 unspecified atom stereocenters. The molecule has 1 fully saturated rings. The first-order valence-corrected chi connectivity index (χ1v) is 5.82. The average molecular weight is 260 g/mol. The van der Waals surface area contributed by atoms with Gasteiger partial charge in [0.15, 0.2) is 0 Å². The third-order valence-corrected chi connectivity index (χ3v) is 2.71. The van der Waals surface area contributed by atoms with Gasteiger partial charge in [-0.2, -0.15) is 5.26 Å². The lowest BCUT2D eigenvalue weighted by Crippen LogP contribution is -2.31. The van der Waals surface area contributed by atoms with E-state index < -0.39 is 4.92 Å². The van der Waals surface area contributed by atoms with Crippen molar-refractivity contribution in [2.75, 3.05) is 11.9 Å². The molecule has 2 N–H and O–H groups in total. The summed E-state index contributed by atoms with van der Waals surface area (Å²) in [6, 6.07) is 6.15. The second-order valence-electron chi connectivity index (χ2n) is 4.30. The summed E-state index contributed by atoms with van der Waals surface area (Å²) in [6.07, 6.45) is 2.03. The fourth-order valence-corrected chi connectivity index (χ4v) is 1.58. The number of benzene rings is 1. The number of nitro groups is 1. The summed E-state index contributed by atoms with van der Waals surface area (Å²) in [5.74, 6) is -0.126. The number of nitrogens with one attached hydrogen (secondary N) is 2. The van der Waals surface area contributed by atoms with Crippen molar-refractivity contribution >= 4 is 17.3 Å². The number of hydrogen-bond donors (Lipinski definition) is 2. The minimum atomic E-state index is -0.609. The Morgan fingerprint density at radius 3 is 2.84 bits per heavy atom. The second-order valence-corrected chi connectivity index (χ2v) is 4.30. The molecule has 0 heterocycles. The Balaban J connectivity index is 1.98. The van der Waals surface area contributed by atoms with Crippen molar-refractivity contribution in [1.29, 1.82) is 5.26 Å².